The molecule has 2 amide bonds. The van der Waals surface area contributed by atoms with Gasteiger partial charge in [0.1, 0.15) is 0 Å². The molecule has 1 atom stereocenters. The van der Waals surface area contributed by atoms with Crippen molar-refractivity contribution in [3.63, 3.8) is 0 Å². The highest BCUT2D eigenvalue weighted by Crippen LogP contribution is 2.40. The van der Waals surface area contributed by atoms with Crippen LogP contribution in [0.4, 0.5) is 0 Å². The van der Waals surface area contributed by atoms with E-state index in [-0.39, 0.29) is 11.3 Å². The van der Waals surface area contributed by atoms with Crippen molar-refractivity contribution in [1.82, 2.24) is 10.9 Å². The molecule has 24 heavy (non-hydrogen) atoms. The monoisotopic (exact) mass is 350 g/mol. The third-order valence-corrected chi connectivity index (χ3v) is 5.35. The third kappa shape index (κ3) is 4.44. The molecule has 2 rings (SSSR count). The third-order valence-electron chi connectivity index (χ3n) is 4.30. The maximum atomic E-state index is 12.2. The standard InChI is InChI=1S/C17H22N2O4S/c1-17(2,3)10-4-5-11-12(9-24-13(11)8-10)16(23)19-18-14(20)6-7-15(21)22/h6-7,9-10H,4-5,8H2,1-3H3,(H,18,20)(H,19,23)(H,21,22). The zero-order valence-corrected chi connectivity index (χ0v) is 14.8. The lowest BCUT2D eigenvalue weighted by Gasteiger charge is -2.34. The maximum Gasteiger partial charge on any atom is 0.328 e. The largest absolute Gasteiger partial charge is 0.478 e. The summed E-state index contributed by atoms with van der Waals surface area (Å²) in [5.41, 5.74) is 6.40. The summed E-state index contributed by atoms with van der Waals surface area (Å²) in [5.74, 6) is -1.70. The Bertz CT molecular complexity index is 685. The number of aliphatic carboxylic acids is 1. The van der Waals surface area contributed by atoms with Gasteiger partial charge in [-0.05, 0) is 36.2 Å². The van der Waals surface area contributed by atoms with E-state index in [0.29, 0.717) is 17.6 Å². The van der Waals surface area contributed by atoms with E-state index in [2.05, 4.69) is 31.6 Å². The molecule has 1 unspecified atom stereocenters. The van der Waals surface area contributed by atoms with Crippen molar-refractivity contribution in [3.05, 3.63) is 33.5 Å². The van der Waals surface area contributed by atoms with Crippen LogP contribution in [0.15, 0.2) is 17.5 Å². The number of amides is 2. The van der Waals surface area contributed by atoms with Crippen molar-refractivity contribution >= 4 is 29.1 Å². The number of hydrogen-bond acceptors (Lipinski definition) is 4. The SMILES string of the molecule is CC(C)(C)C1CCc2c(C(=O)NNC(=O)C=CC(=O)O)csc2C1. The summed E-state index contributed by atoms with van der Waals surface area (Å²) in [7, 11) is 0. The van der Waals surface area contributed by atoms with E-state index >= 15 is 0 Å². The number of carboxylic acids is 1. The quantitative estimate of drug-likeness (QED) is 0.576. The molecule has 0 aliphatic heterocycles. The summed E-state index contributed by atoms with van der Waals surface area (Å²) in [6, 6.07) is 0. The van der Waals surface area contributed by atoms with E-state index in [1.54, 1.807) is 11.3 Å². The predicted octanol–water partition coefficient (Wildman–Crippen LogP) is 2.30. The van der Waals surface area contributed by atoms with Gasteiger partial charge in [-0.2, -0.15) is 0 Å². The first-order valence-corrected chi connectivity index (χ1v) is 8.67. The van der Waals surface area contributed by atoms with Gasteiger partial charge in [0.05, 0.1) is 5.56 Å². The van der Waals surface area contributed by atoms with Crippen molar-refractivity contribution in [3.8, 4) is 0 Å². The number of fused-ring (bicyclic) bond motifs is 1. The van der Waals surface area contributed by atoms with Gasteiger partial charge in [-0.25, -0.2) is 4.79 Å². The summed E-state index contributed by atoms with van der Waals surface area (Å²) in [6.07, 6.45) is 4.43. The van der Waals surface area contributed by atoms with Gasteiger partial charge in [0.25, 0.3) is 11.8 Å². The number of carboxylic acid groups (broad SMARTS) is 1. The van der Waals surface area contributed by atoms with Gasteiger partial charge in [-0.15, -0.1) is 11.3 Å². The van der Waals surface area contributed by atoms with Gasteiger partial charge in [0.2, 0.25) is 0 Å². The second-order valence-corrected chi connectivity index (χ2v) is 7.94. The number of nitrogens with one attached hydrogen (secondary N) is 2. The van der Waals surface area contributed by atoms with E-state index in [0.717, 1.165) is 30.9 Å². The molecule has 0 fully saturated rings. The van der Waals surface area contributed by atoms with Crippen LogP contribution in [-0.4, -0.2) is 22.9 Å². The average Bonchev–Trinajstić information content (AvgIpc) is 2.92. The molecular weight excluding hydrogens is 328 g/mol. The van der Waals surface area contributed by atoms with Crippen LogP contribution in [0.1, 0.15) is 48.0 Å². The van der Waals surface area contributed by atoms with Crippen LogP contribution in [-0.2, 0) is 22.4 Å². The van der Waals surface area contributed by atoms with E-state index < -0.39 is 11.9 Å². The molecule has 6 nitrogen and oxygen atoms in total. The lowest BCUT2D eigenvalue weighted by atomic mass is 9.72. The number of carbonyl (C=O) groups is 3. The minimum atomic E-state index is -1.23. The fraction of sp³-hybridized carbons (Fsp3) is 0.471. The first kappa shape index (κ1) is 18.2. The Hall–Kier alpha value is -2.15. The smallest absolute Gasteiger partial charge is 0.328 e. The molecule has 0 radical (unpaired) electrons. The van der Waals surface area contributed by atoms with Crippen LogP contribution in [0.3, 0.4) is 0 Å². The van der Waals surface area contributed by atoms with Crippen LogP contribution < -0.4 is 10.9 Å². The first-order chi connectivity index (χ1) is 11.2. The van der Waals surface area contributed by atoms with E-state index in [1.165, 1.54) is 4.88 Å². The van der Waals surface area contributed by atoms with Gasteiger partial charge >= 0.3 is 5.97 Å². The van der Waals surface area contributed by atoms with Crippen molar-refractivity contribution in [2.75, 3.05) is 0 Å². The fourth-order valence-electron chi connectivity index (χ4n) is 2.82. The lowest BCUT2D eigenvalue weighted by molar-refractivity contribution is -0.131. The van der Waals surface area contributed by atoms with Crippen LogP contribution in [0.2, 0.25) is 0 Å². The molecule has 1 aliphatic carbocycles. The number of hydrogen-bond donors (Lipinski definition) is 3. The van der Waals surface area contributed by atoms with E-state index in [9.17, 15) is 14.4 Å². The van der Waals surface area contributed by atoms with Crippen molar-refractivity contribution < 1.29 is 19.5 Å². The number of carbonyl (C=O) groups excluding carboxylic acids is 2. The Kier molecular flexibility index (Phi) is 5.43. The highest BCUT2D eigenvalue weighted by Gasteiger charge is 2.31. The van der Waals surface area contributed by atoms with Gasteiger partial charge in [-0.3, -0.25) is 20.4 Å². The van der Waals surface area contributed by atoms with Crippen LogP contribution in [0, 0.1) is 11.3 Å². The van der Waals surface area contributed by atoms with Crippen LogP contribution in [0.5, 0.6) is 0 Å². The zero-order chi connectivity index (χ0) is 17.9. The van der Waals surface area contributed by atoms with E-state index in [4.69, 9.17) is 5.11 Å². The number of thiophene rings is 1. The summed E-state index contributed by atoms with van der Waals surface area (Å²) in [5, 5.41) is 10.3. The second kappa shape index (κ2) is 7.17. The summed E-state index contributed by atoms with van der Waals surface area (Å²) < 4.78 is 0. The molecule has 0 saturated carbocycles. The molecule has 7 heteroatoms. The van der Waals surface area contributed by atoms with Gasteiger partial charge < -0.3 is 5.11 Å². The molecule has 0 aromatic carbocycles. The summed E-state index contributed by atoms with van der Waals surface area (Å²) in [4.78, 5) is 35.2. The van der Waals surface area contributed by atoms with E-state index in [1.807, 2.05) is 5.38 Å². The van der Waals surface area contributed by atoms with Crippen LogP contribution in [0.25, 0.3) is 0 Å². The Morgan fingerprint density at radius 2 is 1.96 bits per heavy atom. The minimum Gasteiger partial charge on any atom is -0.478 e. The molecule has 130 valence electrons. The average molecular weight is 350 g/mol. The fourth-order valence-corrected chi connectivity index (χ4v) is 3.98. The predicted molar refractivity (Wildman–Crippen MR) is 91.7 cm³/mol. The van der Waals surface area contributed by atoms with Gasteiger partial charge in [-0.1, -0.05) is 20.8 Å². The maximum absolute atomic E-state index is 12.2. The highest BCUT2D eigenvalue weighted by atomic mass is 32.1. The minimum absolute atomic E-state index is 0.245. The zero-order valence-electron chi connectivity index (χ0n) is 14.0. The Labute approximate surface area is 144 Å². The molecule has 1 aliphatic rings. The molecule has 1 heterocycles. The Balaban J connectivity index is 1.99. The van der Waals surface area contributed by atoms with Crippen molar-refractivity contribution in [2.24, 2.45) is 11.3 Å². The van der Waals surface area contributed by atoms with Gasteiger partial charge in [0, 0.05) is 22.4 Å². The number of rotatable bonds is 3. The summed E-state index contributed by atoms with van der Waals surface area (Å²) >= 11 is 1.58. The topological polar surface area (TPSA) is 95.5 Å². The number of hydrazine groups is 1. The second-order valence-electron chi connectivity index (χ2n) is 6.97. The first-order valence-electron chi connectivity index (χ1n) is 7.79. The summed E-state index contributed by atoms with van der Waals surface area (Å²) in [6.45, 7) is 6.72. The molecular formula is C17H22N2O4S. The molecule has 0 spiro atoms. The molecule has 0 saturated heterocycles. The molecule has 3 N–H and O–H groups in total. The van der Waals surface area contributed by atoms with Crippen molar-refractivity contribution in [2.45, 2.75) is 40.0 Å². The molecule has 1 aromatic heterocycles. The molecule has 1 aromatic rings. The van der Waals surface area contributed by atoms with Crippen molar-refractivity contribution in [1.29, 1.82) is 0 Å². The van der Waals surface area contributed by atoms with Gasteiger partial charge in [0.15, 0.2) is 0 Å². The lowest BCUT2D eigenvalue weighted by Crippen LogP contribution is -2.41. The Morgan fingerprint density at radius 3 is 2.58 bits per heavy atom. The molecule has 0 bridgehead atoms. The van der Waals surface area contributed by atoms with Crippen LogP contribution >= 0.6 is 11.3 Å². The highest BCUT2D eigenvalue weighted by molar-refractivity contribution is 7.10. The normalized spacial score (nSPS) is 17.4. The Morgan fingerprint density at radius 1 is 1.25 bits per heavy atom.